The SMILES string of the molecule is C=CC(=O)OCCOC1CCNCC1. The van der Waals surface area contributed by atoms with Gasteiger partial charge in [-0.15, -0.1) is 0 Å². The normalized spacial score (nSPS) is 17.7. The number of esters is 1. The van der Waals surface area contributed by atoms with E-state index in [0.717, 1.165) is 32.0 Å². The van der Waals surface area contributed by atoms with Crippen LogP contribution in [0, 0.1) is 0 Å². The fourth-order valence-electron chi connectivity index (χ4n) is 1.38. The second kappa shape index (κ2) is 6.56. The van der Waals surface area contributed by atoms with Crippen molar-refractivity contribution in [2.45, 2.75) is 18.9 Å². The van der Waals surface area contributed by atoms with E-state index in [4.69, 9.17) is 9.47 Å². The molecule has 1 heterocycles. The molecule has 0 bridgehead atoms. The van der Waals surface area contributed by atoms with Crippen molar-refractivity contribution in [1.29, 1.82) is 0 Å². The molecule has 1 fully saturated rings. The van der Waals surface area contributed by atoms with Gasteiger partial charge < -0.3 is 14.8 Å². The molecule has 0 aromatic rings. The molecule has 0 atom stereocenters. The van der Waals surface area contributed by atoms with Crippen molar-refractivity contribution in [3.63, 3.8) is 0 Å². The van der Waals surface area contributed by atoms with Crippen molar-refractivity contribution in [3.8, 4) is 0 Å². The van der Waals surface area contributed by atoms with E-state index in [1.54, 1.807) is 0 Å². The lowest BCUT2D eigenvalue weighted by Crippen LogP contribution is -2.33. The highest BCUT2D eigenvalue weighted by Crippen LogP contribution is 2.06. The Balaban J connectivity index is 1.97. The lowest BCUT2D eigenvalue weighted by Gasteiger charge is -2.22. The van der Waals surface area contributed by atoms with Crippen LogP contribution in [0.15, 0.2) is 12.7 Å². The summed E-state index contributed by atoms with van der Waals surface area (Å²) in [5, 5.41) is 3.25. The number of piperidine rings is 1. The van der Waals surface area contributed by atoms with Gasteiger partial charge in [-0.25, -0.2) is 4.79 Å². The van der Waals surface area contributed by atoms with Crippen molar-refractivity contribution >= 4 is 5.97 Å². The zero-order valence-corrected chi connectivity index (χ0v) is 8.33. The lowest BCUT2D eigenvalue weighted by molar-refractivity contribution is -0.140. The van der Waals surface area contributed by atoms with Crippen LogP contribution in [0.3, 0.4) is 0 Å². The molecule has 0 unspecified atom stereocenters. The Morgan fingerprint density at radius 2 is 2.14 bits per heavy atom. The van der Waals surface area contributed by atoms with Crippen molar-refractivity contribution < 1.29 is 14.3 Å². The molecule has 1 N–H and O–H groups in total. The molecule has 1 rings (SSSR count). The van der Waals surface area contributed by atoms with E-state index >= 15 is 0 Å². The Hall–Kier alpha value is -0.870. The molecule has 4 nitrogen and oxygen atoms in total. The molecule has 0 saturated carbocycles. The first kappa shape index (κ1) is 11.2. The van der Waals surface area contributed by atoms with E-state index < -0.39 is 0 Å². The fourth-order valence-corrected chi connectivity index (χ4v) is 1.38. The van der Waals surface area contributed by atoms with Gasteiger partial charge in [0.2, 0.25) is 0 Å². The molecule has 1 saturated heterocycles. The molecular weight excluding hydrogens is 182 g/mol. The summed E-state index contributed by atoms with van der Waals surface area (Å²) in [6, 6.07) is 0. The van der Waals surface area contributed by atoms with Crippen LogP contribution in [-0.2, 0) is 14.3 Å². The van der Waals surface area contributed by atoms with Gasteiger partial charge >= 0.3 is 5.97 Å². The minimum atomic E-state index is -0.390. The van der Waals surface area contributed by atoms with Gasteiger partial charge in [0.15, 0.2) is 0 Å². The topological polar surface area (TPSA) is 47.6 Å². The standard InChI is InChI=1S/C10H17NO3/c1-2-10(12)14-8-7-13-9-3-5-11-6-4-9/h2,9,11H,1,3-8H2. The van der Waals surface area contributed by atoms with Gasteiger partial charge in [0, 0.05) is 6.08 Å². The van der Waals surface area contributed by atoms with E-state index in [1.165, 1.54) is 0 Å². The number of carbonyl (C=O) groups is 1. The van der Waals surface area contributed by atoms with Crippen LogP contribution in [-0.4, -0.2) is 38.4 Å². The third-order valence-electron chi connectivity index (χ3n) is 2.13. The molecule has 0 amide bonds. The Labute approximate surface area is 84.3 Å². The van der Waals surface area contributed by atoms with E-state index in [1.807, 2.05) is 0 Å². The quantitative estimate of drug-likeness (QED) is 0.397. The number of carbonyl (C=O) groups excluding carboxylic acids is 1. The molecule has 4 heteroatoms. The highest BCUT2D eigenvalue weighted by atomic mass is 16.6. The highest BCUT2D eigenvalue weighted by molar-refractivity contribution is 5.81. The lowest BCUT2D eigenvalue weighted by atomic mass is 10.1. The minimum Gasteiger partial charge on any atom is -0.460 e. The zero-order chi connectivity index (χ0) is 10.2. The Morgan fingerprint density at radius 3 is 2.79 bits per heavy atom. The van der Waals surface area contributed by atoms with Crippen LogP contribution in [0.25, 0.3) is 0 Å². The molecule has 1 aliphatic heterocycles. The largest absolute Gasteiger partial charge is 0.460 e. The van der Waals surface area contributed by atoms with Crippen molar-refractivity contribution in [2.24, 2.45) is 0 Å². The molecule has 0 aromatic heterocycles. The highest BCUT2D eigenvalue weighted by Gasteiger charge is 2.12. The summed E-state index contributed by atoms with van der Waals surface area (Å²) in [4.78, 5) is 10.7. The summed E-state index contributed by atoms with van der Waals surface area (Å²) in [6.07, 6.45) is 3.55. The van der Waals surface area contributed by atoms with E-state index in [0.29, 0.717) is 19.3 Å². The monoisotopic (exact) mass is 199 g/mol. The van der Waals surface area contributed by atoms with Crippen molar-refractivity contribution in [1.82, 2.24) is 5.32 Å². The van der Waals surface area contributed by atoms with Gasteiger partial charge in [-0.2, -0.15) is 0 Å². The summed E-state index contributed by atoms with van der Waals surface area (Å²) >= 11 is 0. The molecular formula is C10H17NO3. The molecule has 80 valence electrons. The van der Waals surface area contributed by atoms with Crippen LogP contribution in [0.1, 0.15) is 12.8 Å². The summed E-state index contributed by atoms with van der Waals surface area (Å²) in [6.45, 7) is 6.12. The molecule has 0 aliphatic carbocycles. The van der Waals surface area contributed by atoms with Crippen molar-refractivity contribution in [3.05, 3.63) is 12.7 Å². The maximum Gasteiger partial charge on any atom is 0.330 e. The van der Waals surface area contributed by atoms with Gasteiger partial charge in [-0.1, -0.05) is 6.58 Å². The zero-order valence-electron chi connectivity index (χ0n) is 8.33. The maximum absolute atomic E-state index is 10.7. The van der Waals surface area contributed by atoms with Gasteiger partial charge in [-0.05, 0) is 25.9 Å². The molecule has 0 radical (unpaired) electrons. The average Bonchev–Trinajstić information content (AvgIpc) is 2.25. The molecule has 14 heavy (non-hydrogen) atoms. The van der Waals surface area contributed by atoms with Gasteiger partial charge in [0.25, 0.3) is 0 Å². The van der Waals surface area contributed by atoms with Crippen LogP contribution in [0.4, 0.5) is 0 Å². The predicted octanol–water partition coefficient (Wildman–Crippen LogP) is 0.484. The van der Waals surface area contributed by atoms with Crippen LogP contribution in [0.5, 0.6) is 0 Å². The number of hydrogen-bond acceptors (Lipinski definition) is 4. The van der Waals surface area contributed by atoms with Gasteiger partial charge in [0.05, 0.1) is 12.7 Å². The first-order valence-electron chi connectivity index (χ1n) is 4.94. The fraction of sp³-hybridized carbons (Fsp3) is 0.700. The first-order valence-corrected chi connectivity index (χ1v) is 4.94. The van der Waals surface area contributed by atoms with Crippen molar-refractivity contribution in [2.75, 3.05) is 26.3 Å². The third kappa shape index (κ3) is 4.39. The summed E-state index contributed by atoms with van der Waals surface area (Å²) < 4.78 is 10.3. The smallest absolute Gasteiger partial charge is 0.330 e. The van der Waals surface area contributed by atoms with E-state index in [9.17, 15) is 4.79 Å². The van der Waals surface area contributed by atoms with Gasteiger partial charge in [-0.3, -0.25) is 0 Å². The Morgan fingerprint density at radius 1 is 1.43 bits per heavy atom. The van der Waals surface area contributed by atoms with Crippen LogP contribution < -0.4 is 5.32 Å². The molecule has 0 spiro atoms. The number of nitrogens with one attached hydrogen (secondary N) is 1. The Kier molecular flexibility index (Phi) is 5.25. The van der Waals surface area contributed by atoms with Crippen LogP contribution in [0.2, 0.25) is 0 Å². The maximum atomic E-state index is 10.7. The second-order valence-electron chi connectivity index (χ2n) is 3.19. The second-order valence-corrected chi connectivity index (χ2v) is 3.19. The molecule has 0 aromatic carbocycles. The van der Waals surface area contributed by atoms with E-state index in [-0.39, 0.29) is 5.97 Å². The Bertz CT molecular complexity index is 188. The number of rotatable bonds is 5. The van der Waals surface area contributed by atoms with Gasteiger partial charge in [0.1, 0.15) is 6.61 Å². The third-order valence-corrected chi connectivity index (χ3v) is 2.13. The van der Waals surface area contributed by atoms with Crippen LogP contribution >= 0.6 is 0 Å². The van der Waals surface area contributed by atoms with E-state index in [2.05, 4.69) is 11.9 Å². The summed E-state index contributed by atoms with van der Waals surface area (Å²) in [5.41, 5.74) is 0. The minimum absolute atomic E-state index is 0.314. The number of ether oxygens (including phenoxy) is 2. The summed E-state index contributed by atoms with van der Waals surface area (Å²) in [7, 11) is 0. The summed E-state index contributed by atoms with van der Waals surface area (Å²) in [5.74, 6) is -0.390. The number of hydrogen-bond donors (Lipinski definition) is 1. The average molecular weight is 199 g/mol. The first-order chi connectivity index (χ1) is 6.83. The molecule has 1 aliphatic rings. The predicted molar refractivity (Wildman–Crippen MR) is 53.0 cm³/mol.